The molecule has 1 aromatic heterocycles. The van der Waals surface area contributed by atoms with Gasteiger partial charge in [0.15, 0.2) is 0 Å². The Labute approximate surface area is 138 Å². The molecule has 0 unspecified atom stereocenters. The van der Waals surface area contributed by atoms with E-state index < -0.39 is 4.92 Å². The molecule has 0 atom stereocenters. The highest BCUT2D eigenvalue weighted by molar-refractivity contribution is 6.28. The molecule has 0 saturated carbocycles. The fourth-order valence-electron chi connectivity index (χ4n) is 2.72. The molecule has 2 aliphatic heterocycles. The highest BCUT2D eigenvalue weighted by Gasteiger charge is 2.30. The maximum absolute atomic E-state index is 11.6. The first-order valence-electron chi connectivity index (χ1n) is 7.54. The lowest BCUT2D eigenvalue weighted by Gasteiger charge is -2.28. The Kier molecular flexibility index (Phi) is 5.09. The zero-order chi connectivity index (χ0) is 16.2. The van der Waals surface area contributed by atoms with Crippen LogP contribution in [0, 0.1) is 10.1 Å². The maximum Gasteiger partial charge on any atom is 0.353 e. The molecule has 23 heavy (non-hydrogen) atoms. The zero-order valence-corrected chi connectivity index (χ0v) is 13.3. The first kappa shape index (κ1) is 16.2. The molecule has 0 radical (unpaired) electrons. The Morgan fingerprint density at radius 3 is 2.48 bits per heavy atom. The number of ether oxygens (including phenoxy) is 2. The van der Waals surface area contributed by atoms with Gasteiger partial charge in [-0.3, -0.25) is 10.1 Å². The van der Waals surface area contributed by atoms with Gasteiger partial charge in [0.05, 0.1) is 18.1 Å². The topological polar surface area (TPSA) is 103 Å². The van der Waals surface area contributed by atoms with E-state index in [4.69, 9.17) is 21.1 Å². The number of nitrogens with zero attached hydrogens (tertiary/aromatic N) is 4. The van der Waals surface area contributed by atoms with Crippen LogP contribution in [0.2, 0.25) is 5.28 Å². The highest BCUT2D eigenvalue weighted by Crippen LogP contribution is 2.35. The molecule has 10 heteroatoms. The van der Waals surface area contributed by atoms with Crippen LogP contribution >= 0.6 is 11.6 Å². The van der Waals surface area contributed by atoms with E-state index in [-0.39, 0.29) is 28.6 Å². The molecule has 0 bridgehead atoms. The largest absolute Gasteiger partial charge is 0.381 e. The van der Waals surface area contributed by atoms with Gasteiger partial charge in [0.25, 0.3) is 0 Å². The van der Waals surface area contributed by atoms with Gasteiger partial charge in [0.1, 0.15) is 0 Å². The van der Waals surface area contributed by atoms with Crippen LogP contribution in [0.25, 0.3) is 0 Å². The van der Waals surface area contributed by atoms with Crippen LogP contribution in [-0.2, 0) is 9.47 Å². The van der Waals surface area contributed by atoms with Crippen molar-refractivity contribution in [1.82, 2.24) is 9.97 Å². The average molecular weight is 344 g/mol. The van der Waals surface area contributed by atoms with Gasteiger partial charge in [-0.25, -0.2) is 0 Å². The molecule has 126 valence electrons. The minimum absolute atomic E-state index is 0.00773. The third-order valence-electron chi connectivity index (χ3n) is 3.89. The van der Waals surface area contributed by atoms with E-state index in [9.17, 15) is 10.1 Å². The zero-order valence-electron chi connectivity index (χ0n) is 12.5. The smallest absolute Gasteiger partial charge is 0.353 e. The van der Waals surface area contributed by atoms with Crippen molar-refractivity contribution in [3.8, 4) is 0 Å². The Morgan fingerprint density at radius 2 is 1.83 bits per heavy atom. The number of halogens is 1. The predicted octanol–water partition coefficient (Wildman–Crippen LogP) is 1.47. The van der Waals surface area contributed by atoms with Gasteiger partial charge in [0, 0.05) is 32.3 Å². The number of anilines is 2. The van der Waals surface area contributed by atoms with E-state index in [1.807, 2.05) is 4.90 Å². The number of aromatic nitrogens is 2. The number of nitro groups is 1. The monoisotopic (exact) mass is 343 g/mol. The lowest BCUT2D eigenvalue weighted by atomic mass is 10.1. The van der Waals surface area contributed by atoms with Gasteiger partial charge in [0.2, 0.25) is 16.9 Å². The molecule has 3 heterocycles. The van der Waals surface area contributed by atoms with Crippen molar-refractivity contribution in [1.29, 1.82) is 0 Å². The lowest BCUT2D eigenvalue weighted by Crippen LogP contribution is -2.37. The number of rotatable bonds is 4. The molecule has 0 amide bonds. The molecule has 2 saturated heterocycles. The number of hydrogen-bond acceptors (Lipinski definition) is 8. The van der Waals surface area contributed by atoms with Gasteiger partial charge in [-0.05, 0) is 24.4 Å². The van der Waals surface area contributed by atoms with E-state index in [1.54, 1.807) is 0 Å². The summed E-state index contributed by atoms with van der Waals surface area (Å²) < 4.78 is 10.6. The van der Waals surface area contributed by atoms with Crippen LogP contribution < -0.4 is 10.2 Å². The summed E-state index contributed by atoms with van der Waals surface area (Å²) in [5, 5.41) is 14.7. The van der Waals surface area contributed by atoms with Crippen molar-refractivity contribution >= 4 is 28.9 Å². The summed E-state index contributed by atoms with van der Waals surface area (Å²) in [5.41, 5.74) is -0.136. The molecular weight excluding hydrogens is 326 g/mol. The number of morpholine rings is 1. The van der Waals surface area contributed by atoms with Crippen molar-refractivity contribution in [2.75, 3.05) is 49.7 Å². The second-order valence-corrected chi connectivity index (χ2v) is 5.74. The summed E-state index contributed by atoms with van der Waals surface area (Å²) in [6.07, 6.45) is 1.54. The molecule has 1 N–H and O–H groups in total. The third-order valence-corrected chi connectivity index (χ3v) is 4.06. The van der Waals surface area contributed by atoms with Crippen molar-refractivity contribution in [2.45, 2.75) is 18.9 Å². The predicted molar refractivity (Wildman–Crippen MR) is 84.2 cm³/mol. The maximum atomic E-state index is 11.6. The van der Waals surface area contributed by atoms with E-state index in [1.165, 1.54) is 0 Å². The molecule has 3 rings (SSSR count). The Hall–Kier alpha value is -1.71. The molecule has 0 spiro atoms. The van der Waals surface area contributed by atoms with E-state index >= 15 is 0 Å². The second kappa shape index (κ2) is 7.24. The minimum atomic E-state index is -0.456. The Morgan fingerprint density at radius 1 is 1.17 bits per heavy atom. The molecule has 0 aliphatic carbocycles. The summed E-state index contributed by atoms with van der Waals surface area (Å²) in [7, 11) is 0. The van der Waals surface area contributed by atoms with E-state index in [0.29, 0.717) is 39.5 Å². The van der Waals surface area contributed by atoms with Crippen LogP contribution in [0.4, 0.5) is 17.3 Å². The summed E-state index contributed by atoms with van der Waals surface area (Å²) in [4.78, 5) is 21.1. The molecule has 2 aliphatic rings. The highest BCUT2D eigenvalue weighted by atomic mass is 35.5. The number of nitrogens with one attached hydrogen (secondary N) is 1. The van der Waals surface area contributed by atoms with Crippen molar-refractivity contribution in [2.24, 2.45) is 0 Å². The molecule has 1 aromatic rings. The SMILES string of the molecule is O=[N+]([O-])c1c(NC2CCOCC2)nc(Cl)nc1N1CCOCC1. The lowest BCUT2D eigenvalue weighted by molar-refractivity contribution is -0.383. The van der Waals surface area contributed by atoms with Crippen LogP contribution in [0.3, 0.4) is 0 Å². The van der Waals surface area contributed by atoms with Crippen LogP contribution in [-0.4, -0.2) is 60.5 Å². The van der Waals surface area contributed by atoms with Crippen molar-refractivity contribution in [3.05, 3.63) is 15.4 Å². The third kappa shape index (κ3) is 3.80. The van der Waals surface area contributed by atoms with Crippen LogP contribution in [0.1, 0.15) is 12.8 Å². The van der Waals surface area contributed by atoms with E-state index in [2.05, 4.69) is 15.3 Å². The van der Waals surface area contributed by atoms with Gasteiger partial charge in [-0.15, -0.1) is 0 Å². The number of hydrogen-bond donors (Lipinski definition) is 1. The summed E-state index contributed by atoms with van der Waals surface area (Å²) in [6.45, 7) is 3.32. The van der Waals surface area contributed by atoms with Crippen LogP contribution in [0.15, 0.2) is 0 Å². The summed E-state index contributed by atoms with van der Waals surface area (Å²) >= 11 is 6.00. The fraction of sp³-hybridized carbons (Fsp3) is 0.692. The quantitative estimate of drug-likeness (QED) is 0.498. The standard InChI is InChI=1S/C13H18ClN5O4/c14-13-16-11(15-9-1-5-22-6-2-9)10(19(20)21)12(17-13)18-3-7-23-8-4-18/h9H,1-8H2,(H,15,16,17). The van der Waals surface area contributed by atoms with Gasteiger partial charge in [-0.1, -0.05) is 0 Å². The summed E-state index contributed by atoms with van der Waals surface area (Å²) in [5.74, 6) is 0.413. The van der Waals surface area contributed by atoms with Crippen molar-refractivity contribution in [3.63, 3.8) is 0 Å². The minimum Gasteiger partial charge on any atom is -0.381 e. The van der Waals surface area contributed by atoms with Gasteiger partial charge >= 0.3 is 5.69 Å². The first-order chi connectivity index (χ1) is 11.1. The molecular formula is C13H18ClN5O4. The van der Waals surface area contributed by atoms with Crippen LogP contribution in [0.5, 0.6) is 0 Å². The molecule has 2 fully saturated rings. The van der Waals surface area contributed by atoms with Crippen molar-refractivity contribution < 1.29 is 14.4 Å². The Bertz CT molecular complexity index is 576. The normalized spacial score (nSPS) is 19.6. The van der Waals surface area contributed by atoms with Gasteiger partial charge < -0.3 is 19.7 Å². The average Bonchev–Trinajstić information content (AvgIpc) is 2.55. The fourth-order valence-corrected chi connectivity index (χ4v) is 2.88. The summed E-state index contributed by atoms with van der Waals surface area (Å²) in [6, 6.07) is 0.0750. The molecule has 9 nitrogen and oxygen atoms in total. The van der Waals surface area contributed by atoms with Gasteiger partial charge in [-0.2, -0.15) is 9.97 Å². The second-order valence-electron chi connectivity index (χ2n) is 5.40. The first-order valence-corrected chi connectivity index (χ1v) is 7.92. The van der Waals surface area contributed by atoms with E-state index in [0.717, 1.165) is 12.8 Å². The Balaban J connectivity index is 1.93. The molecule has 0 aromatic carbocycles.